The van der Waals surface area contributed by atoms with Gasteiger partial charge in [0.15, 0.2) is 0 Å². The maximum absolute atomic E-state index is 5.34. The Kier molecular flexibility index (Phi) is 10.4. The summed E-state index contributed by atoms with van der Waals surface area (Å²) < 4.78 is 0. The molecule has 30 heavy (non-hydrogen) atoms. The van der Waals surface area contributed by atoms with Crippen molar-refractivity contribution in [2.45, 2.75) is 70.5 Å². The van der Waals surface area contributed by atoms with Gasteiger partial charge in [-0.1, -0.05) is 90.6 Å². The Balaban J connectivity index is 0.00000210. The van der Waals surface area contributed by atoms with Crippen LogP contribution in [-0.4, -0.2) is 18.7 Å². The molecular formula is C26H40N2SiTi. The third-order valence-corrected chi connectivity index (χ3v) is 9.47. The first-order chi connectivity index (χ1) is 12.2. The van der Waals surface area contributed by atoms with E-state index >= 15 is 0 Å². The molecule has 4 heteroatoms. The SMILES string of the molecule is CC(C)(C)[N-][Si](C)(C)C1CC(N2Cc3ccccc3C2)c2ccccc21.[CH3+].[CH3-].[CH3-].[Ti+2]. The van der Waals surface area contributed by atoms with E-state index in [-0.39, 0.29) is 49.5 Å². The number of hydrogen-bond donors (Lipinski definition) is 0. The number of nitrogens with zero attached hydrogens (tertiary/aromatic N) is 2. The molecule has 0 aromatic heterocycles. The second-order valence-electron chi connectivity index (χ2n) is 9.54. The summed E-state index contributed by atoms with van der Waals surface area (Å²) in [5.74, 6) is 0. The summed E-state index contributed by atoms with van der Waals surface area (Å²) in [6.45, 7) is 13.8. The maximum Gasteiger partial charge on any atom is 2.00 e. The van der Waals surface area contributed by atoms with Gasteiger partial charge >= 0.3 is 21.7 Å². The standard InChI is InChI=1S/C23H31N2Si.3CH3.Ti/c1-23(2,3)24-26(4,5)22-14-21(19-12-8-9-13-20(19)22)25-15-17-10-6-7-11-18(17)16-25;;;;/h6-13,21-22H,14-16H2,1-5H3;3*1H3;/q3*-1;+1;+2. The quantitative estimate of drug-likeness (QED) is 0.345. The molecule has 2 aromatic carbocycles. The van der Waals surface area contributed by atoms with Crippen molar-refractivity contribution >= 4 is 8.24 Å². The monoisotopic (exact) mass is 456 g/mol. The third-order valence-electron chi connectivity index (χ3n) is 5.97. The van der Waals surface area contributed by atoms with E-state index in [2.05, 4.69) is 87.3 Å². The fourth-order valence-electron chi connectivity index (χ4n) is 5.15. The van der Waals surface area contributed by atoms with E-state index in [1.54, 1.807) is 11.1 Å². The molecule has 0 amide bonds. The van der Waals surface area contributed by atoms with Crippen LogP contribution in [0.25, 0.3) is 4.98 Å². The van der Waals surface area contributed by atoms with E-state index in [9.17, 15) is 0 Å². The van der Waals surface area contributed by atoms with Crippen molar-refractivity contribution in [3.63, 3.8) is 0 Å². The number of benzene rings is 2. The summed E-state index contributed by atoms with van der Waals surface area (Å²) in [6, 6.07) is 18.6. The van der Waals surface area contributed by atoms with Gasteiger partial charge in [0.25, 0.3) is 0 Å². The van der Waals surface area contributed by atoms with Gasteiger partial charge < -0.3 is 19.8 Å². The molecule has 1 heterocycles. The van der Waals surface area contributed by atoms with Gasteiger partial charge in [0.05, 0.1) is 0 Å². The molecule has 1 aliphatic heterocycles. The normalized spacial score (nSPS) is 20.0. The minimum absolute atomic E-state index is 0. The van der Waals surface area contributed by atoms with E-state index < -0.39 is 8.24 Å². The van der Waals surface area contributed by atoms with Gasteiger partial charge in [0, 0.05) is 26.6 Å². The molecule has 162 valence electrons. The Hall–Kier alpha value is -0.839. The molecule has 2 aliphatic rings. The van der Waals surface area contributed by atoms with E-state index in [0.717, 1.165) is 13.1 Å². The summed E-state index contributed by atoms with van der Waals surface area (Å²) in [6.07, 6.45) is 1.23. The Morgan fingerprint density at radius 2 is 1.33 bits per heavy atom. The van der Waals surface area contributed by atoms with Crippen LogP contribution in [0.15, 0.2) is 48.5 Å². The molecular weight excluding hydrogens is 416 g/mol. The maximum atomic E-state index is 5.34. The van der Waals surface area contributed by atoms with Gasteiger partial charge in [-0.05, 0) is 34.2 Å². The largest absolute Gasteiger partial charge is 2.00 e. The Morgan fingerprint density at radius 1 is 0.867 bits per heavy atom. The van der Waals surface area contributed by atoms with Gasteiger partial charge in [0.1, 0.15) is 0 Å². The molecule has 2 unspecified atom stereocenters. The second kappa shape index (κ2) is 10.7. The smallest absolute Gasteiger partial charge is 0.659 e. The van der Waals surface area contributed by atoms with E-state index in [1.165, 1.54) is 17.5 Å². The van der Waals surface area contributed by atoms with Crippen molar-refractivity contribution in [2.24, 2.45) is 0 Å². The minimum Gasteiger partial charge on any atom is -0.659 e. The van der Waals surface area contributed by atoms with Gasteiger partial charge in [-0.3, -0.25) is 4.90 Å². The van der Waals surface area contributed by atoms with Crippen molar-refractivity contribution in [3.05, 3.63) is 98.0 Å². The molecule has 2 nitrogen and oxygen atoms in total. The van der Waals surface area contributed by atoms with Crippen molar-refractivity contribution in [1.82, 2.24) is 4.90 Å². The van der Waals surface area contributed by atoms with Crippen LogP contribution in [0.4, 0.5) is 0 Å². The van der Waals surface area contributed by atoms with Crippen LogP contribution in [-0.2, 0) is 34.8 Å². The van der Waals surface area contributed by atoms with Crippen LogP contribution in [0, 0.1) is 22.3 Å². The Labute approximate surface area is 202 Å². The first kappa shape index (κ1) is 29.2. The molecule has 2 aromatic rings. The second-order valence-corrected chi connectivity index (χ2v) is 13.8. The van der Waals surface area contributed by atoms with Gasteiger partial charge in [-0.2, -0.15) is 0 Å². The number of fused-ring (bicyclic) bond motifs is 2. The zero-order chi connectivity index (χ0) is 18.5. The molecule has 0 saturated carbocycles. The van der Waals surface area contributed by atoms with Crippen LogP contribution in [0.1, 0.15) is 61.0 Å². The van der Waals surface area contributed by atoms with Crippen LogP contribution < -0.4 is 0 Å². The molecule has 0 spiro atoms. The topological polar surface area (TPSA) is 17.3 Å². The fourth-order valence-corrected chi connectivity index (χ4v) is 8.85. The zero-order valence-electron chi connectivity index (χ0n) is 20.3. The predicted octanol–water partition coefficient (Wildman–Crippen LogP) is 7.50. The third kappa shape index (κ3) is 5.69. The number of hydrogen-bond acceptors (Lipinski definition) is 1. The Morgan fingerprint density at radius 3 is 1.83 bits per heavy atom. The predicted molar refractivity (Wildman–Crippen MR) is 132 cm³/mol. The fraction of sp³-hybridized carbons (Fsp3) is 0.423. The van der Waals surface area contributed by atoms with Gasteiger partial charge in [-0.25, -0.2) is 0 Å². The first-order valence-electron chi connectivity index (χ1n) is 9.88. The van der Waals surface area contributed by atoms with E-state index in [0.29, 0.717) is 11.6 Å². The first-order valence-corrected chi connectivity index (χ1v) is 12.9. The Bertz CT molecular complexity index is 788. The van der Waals surface area contributed by atoms with Gasteiger partial charge in [0.2, 0.25) is 0 Å². The van der Waals surface area contributed by atoms with Crippen LogP contribution in [0.5, 0.6) is 0 Å². The van der Waals surface area contributed by atoms with E-state index in [1.807, 2.05) is 0 Å². The molecule has 0 N–H and O–H groups in total. The average molecular weight is 457 g/mol. The van der Waals surface area contributed by atoms with Crippen molar-refractivity contribution in [3.8, 4) is 0 Å². The van der Waals surface area contributed by atoms with Crippen LogP contribution >= 0.6 is 0 Å². The summed E-state index contributed by atoms with van der Waals surface area (Å²) in [7, 11) is -1.73. The van der Waals surface area contributed by atoms with Gasteiger partial charge in [-0.15, -0.1) is 5.54 Å². The van der Waals surface area contributed by atoms with E-state index in [4.69, 9.17) is 4.98 Å². The van der Waals surface area contributed by atoms with Crippen LogP contribution in [0.3, 0.4) is 0 Å². The zero-order valence-corrected chi connectivity index (χ0v) is 22.9. The molecule has 0 bridgehead atoms. The summed E-state index contributed by atoms with van der Waals surface area (Å²) in [5.41, 5.74) is 6.79. The summed E-state index contributed by atoms with van der Waals surface area (Å²) in [4.78, 5) is 8.03. The van der Waals surface area contributed by atoms with Crippen molar-refractivity contribution in [2.75, 3.05) is 0 Å². The molecule has 1 aliphatic carbocycles. The average Bonchev–Trinajstić information content (AvgIpc) is 3.14. The molecule has 0 fully saturated rings. The molecule has 0 radical (unpaired) electrons. The van der Waals surface area contributed by atoms with Crippen molar-refractivity contribution < 1.29 is 21.7 Å². The molecule has 2 atom stereocenters. The number of rotatable bonds is 3. The summed E-state index contributed by atoms with van der Waals surface area (Å²) >= 11 is 0. The van der Waals surface area contributed by atoms with Crippen LogP contribution in [0.2, 0.25) is 13.1 Å². The molecule has 0 saturated heterocycles. The van der Waals surface area contributed by atoms with Crippen molar-refractivity contribution in [1.29, 1.82) is 0 Å². The summed E-state index contributed by atoms with van der Waals surface area (Å²) in [5, 5.41) is 0. The molecule has 4 rings (SSSR count). The minimum atomic E-state index is -1.73.